The van der Waals surface area contributed by atoms with E-state index in [4.69, 9.17) is 0 Å². The highest BCUT2D eigenvalue weighted by Gasteiger charge is 2.10. The van der Waals surface area contributed by atoms with Crippen molar-refractivity contribution >= 4 is 0 Å². The van der Waals surface area contributed by atoms with Crippen LogP contribution >= 0.6 is 0 Å². The van der Waals surface area contributed by atoms with Crippen LogP contribution in [0, 0.1) is 0 Å². The molecule has 2 aliphatic rings. The second-order valence-corrected chi connectivity index (χ2v) is 6.18. The molecule has 2 aliphatic heterocycles. The van der Waals surface area contributed by atoms with Gasteiger partial charge in [0.05, 0.1) is 0 Å². The molecule has 0 spiro atoms. The van der Waals surface area contributed by atoms with Gasteiger partial charge in [-0.25, -0.2) is 0 Å². The topological polar surface area (TPSA) is 30.5 Å². The number of hydrogen-bond donors (Lipinski definition) is 2. The first kappa shape index (κ1) is 15.0. The minimum Gasteiger partial charge on any atom is -0.314 e. The van der Waals surface area contributed by atoms with Crippen LogP contribution in [0.2, 0.25) is 0 Å². The highest BCUT2D eigenvalue weighted by atomic mass is 15.2. The number of nitrogens with zero attached hydrogens (tertiary/aromatic N) is 2. The van der Waals surface area contributed by atoms with E-state index in [0.717, 1.165) is 32.7 Å². The molecular formula is C17H28N4. The van der Waals surface area contributed by atoms with Gasteiger partial charge in [0, 0.05) is 65.4 Å². The predicted octanol–water partition coefficient (Wildman–Crippen LogP) is 0.540. The van der Waals surface area contributed by atoms with Gasteiger partial charge in [-0.15, -0.1) is 0 Å². The van der Waals surface area contributed by atoms with Crippen LogP contribution in [-0.2, 0) is 13.0 Å². The SMILES string of the molecule is c1cc(CN2CCNCC2)ccc1CCN1CCNCC1. The van der Waals surface area contributed by atoms with Crippen LogP contribution in [0.3, 0.4) is 0 Å². The molecule has 1 aromatic carbocycles. The average Bonchev–Trinajstić information content (AvgIpc) is 2.56. The molecular weight excluding hydrogens is 260 g/mol. The molecule has 116 valence electrons. The van der Waals surface area contributed by atoms with Gasteiger partial charge >= 0.3 is 0 Å². The molecule has 3 rings (SSSR count). The number of benzene rings is 1. The third-order valence-corrected chi connectivity index (χ3v) is 4.57. The molecule has 2 saturated heterocycles. The van der Waals surface area contributed by atoms with Gasteiger partial charge < -0.3 is 15.5 Å². The summed E-state index contributed by atoms with van der Waals surface area (Å²) in [6.45, 7) is 11.6. The van der Waals surface area contributed by atoms with Gasteiger partial charge in [0.25, 0.3) is 0 Å². The number of piperazine rings is 2. The maximum Gasteiger partial charge on any atom is 0.0234 e. The molecule has 21 heavy (non-hydrogen) atoms. The van der Waals surface area contributed by atoms with Crippen molar-refractivity contribution in [2.45, 2.75) is 13.0 Å². The van der Waals surface area contributed by atoms with Crippen molar-refractivity contribution < 1.29 is 0 Å². The van der Waals surface area contributed by atoms with Crippen molar-refractivity contribution in [2.75, 3.05) is 58.9 Å². The fourth-order valence-electron chi connectivity index (χ4n) is 3.16. The number of nitrogens with one attached hydrogen (secondary N) is 2. The molecule has 4 heteroatoms. The summed E-state index contributed by atoms with van der Waals surface area (Å²) in [6.07, 6.45) is 1.17. The Hall–Kier alpha value is -0.940. The summed E-state index contributed by atoms with van der Waals surface area (Å²) >= 11 is 0. The molecule has 0 bridgehead atoms. The molecule has 0 aromatic heterocycles. The van der Waals surface area contributed by atoms with E-state index < -0.39 is 0 Å². The monoisotopic (exact) mass is 288 g/mol. The summed E-state index contributed by atoms with van der Waals surface area (Å²) in [5.41, 5.74) is 2.92. The lowest BCUT2D eigenvalue weighted by atomic mass is 10.1. The first-order valence-electron chi connectivity index (χ1n) is 8.34. The van der Waals surface area contributed by atoms with Gasteiger partial charge in [-0.3, -0.25) is 4.90 Å². The van der Waals surface area contributed by atoms with E-state index in [1.165, 1.54) is 50.3 Å². The fraction of sp³-hybridized carbons (Fsp3) is 0.647. The normalized spacial score (nSPS) is 21.5. The highest BCUT2D eigenvalue weighted by Crippen LogP contribution is 2.09. The van der Waals surface area contributed by atoms with Crippen LogP contribution in [0.15, 0.2) is 24.3 Å². The summed E-state index contributed by atoms with van der Waals surface area (Å²) < 4.78 is 0. The second kappa shape index (κ2) is 7.90. The lowest BCUT2D eigenvalue weighted by molar-refractivity contribution is 0.233. The summed E-state index contributed by atoms with van der Waals surface area (Å²) in [5.74, 6) is 0. The second-order valence-electron chi connectivity index (χ2n) is 6.18. The van der Waals surface area contributed by atoms with Crippen LogP contribution in [0.25, 0.3) is 0 Å². The Kier molecular flexibility index (Phi) is 5.63. The van der Waals surface area contributed by atoms with Crippen LogP contribution in [-0.4, -0.2) is 68.7 Å². The van der Waals surface area contributed by atoms with E-state index in [2.05, 4.69) is 44.7 Å². The van der Waals surface area contributed by atoms with E-state index >= 15 is 0 Å². The molecule has 0 unspecified atom stereocenters. The molecule has 0 aliphatic carbocycles. The molecule has 2 heterocycles. The lowest BCUT2D eigenvalue weighted by Gasteiger charge is -2.27. The summed E-state index contributed by atoms with van der Waals surface area (Å²) in [4.78, 5) is 5.09. The van der Waals surface area contributed by atoms with E-state index in [-0.39, 0.29) is 0 Å². The van der Waals surface area contributed by atoms with Crippen molar-refractivity contribution in [1.29, 1.82) is 0 Å². The maximum atomic E-state index is 3.41. The molecule has 0 amide bonds. The largest absolute Gasteiger partial charge is 0.314 e. The Balaban J connectivity index is 1.44. The maximum absolute atomic E-state index is 3.41. The Morgan fingerprint density at radius 2 is 1.24 bits per heavy atom. The molecule has 2 fully saturated rings. The Morgan fingerprint density at radius 1 is 0.714 bits per heavy atom. The third kappa shape index (κ3) is 4.78. The summed E-state index contributed by atoms with van der Waals surface area (Å²) in [5, 5.41) is 6.82. The zero-order valence-electron chi connectivity index (χ0n) is 13.0. The van der Waals surface area contributed by atoms with E-state index in [1.54, 1.807) is 0 Å². The minimum absolute atomic E-state index is 1.10. The average molecular weight is 288 g/mol. The Morgan fingerprint density at radius 3 is 1.86 bits per heavy atom. The van der Waals surface area contributed by atoms with Gasteiger partial charge in [0.1, 0.15) is 0 Å². The Bertz CT molecular complexity index is 405. The molecule has 0 atom stereocenters. The van der Waals surface area contributed by atoms with Crippen LogP contribution < -0.4 is 10.6 Å². The van der Waals surface area contributed by atoms with Crippen LogP contribution in [0.5, 0.6) is 0 Å². The summed E-state index contributed by atoms with van der Waals surface area (Å²) in [7, 11) is 0. The molecule has 1 aromatic rings. The van der Waals surface area contributed by atoms with Gasteiger partial charge in [0.2, 0.25) is 0 Å². The number of rotatable bonds is 5. The molecule has 4 nitrogen and oxygen atoms in total. The zero-order chi connectivity index (χ0) is 14.3. The highest BCUT2D eigenvalue weighted by molar-refractivity contribution is 5.22. The summed E-state index contributed by atoms with van der Waals surface area (Å²) in [6, 6.07) is 9.27. The smallest absolute Gasteiger partial charge is 0.0234 e. The van der Waals surface area contributed by atoms with Crippen molar-refractivity contribution in [1.82, 2.24) is 20.4 Å². The van der Waals surface area contributed by atoms with Crippen LogP contribution in [0.4, 0.5) is 0 Å². The third-order valence-electron chi connectivity index (χ3n) is 4.57. The standard InChI is InChI=1S/C17H28N4/c1-3-17(15-21-13-8-19-9-14-21)4-2-16(1)5-10-20-11-6-18-7-12-20/h1-4,18-19H,5-15H2. The fourth-order valence-corrected chi connectivity index (χ4v) is 3.16. The van der Waals surface area contributed by atoms with E-state index in [1.807, 2.05) is 0 Å². The van der Waals surface area contributed by atoms with E-state index in [9.17, 15) is 0 Å². The van der Waals surface area contributed by atoms with E-state index in [0.29, 0.717) is 0 Å². The first-order valence-corrected chi connectivity index (χ1v) is 8.34. The van der Waals surface area contributed by atoms with Crippen molar-refractivity contribution in [2.24, 2.45) is 0 Å². The zero-order valence-corrected chi connectivity index (χ0v) is 13.0. The van der Waals surface area contributed by atoms with Gasteiger partial charge in [-0.2, -0.15) is 0 Å². The van der Waals surface area contributed by atoms with Gasteiger partial charge in [0.15, 0.2) is 0 Å². The van der Waals surface area contributed by atoms with Crippen molar-refractivity contribution in [3.05, 3.63) is 35.4 Å². The molecule has 0 saturated carbocycles. The van der Waals surface area contributed by atoms with Crippen molar-refractivity contribution in [3.63, 3.8) is 0 Å². The van der Waals surface area contributed by atoms with Crippen molar-refractivity contribution in [3.8, 4) is 0 Å². The van der Waals surface area contributed by atoms with Crippen LogP contribution in [0.1, 0.15) is 11.1 Å². The van der Waals surface area contributed by atoms with Gasteiger partial charge in [-0.1, -0.05) is 24.3 Å². The quantitative estimate of drug-likeness (QED) is 0.828. The minimum atomic E-state index is 1.10. The van der Waals surface area contributed by atoms with Gasteiger partial charge in [-0.05, 0) is 17.5 Å². The molecule has 2 N–H and O–H groups in total. The Labute approximate surface area is 128 Å². The first-order chi connectivity index (χ1) is 10.4. The molecule has 0 radical (unpaired) electrons. The number of hydrogen-bond acceptors (Lipinski definition) is 4. The lowest BCUT2D eigenvalue weighted by Crippen LogP contribution is -2.44. The predicted molar refractivity (Wildman–Crippen MR) is 87.6 cm³/mol.